The van der Waals surface area contributed by atoms with Crippen molar-refractivity contribution in [3.63, 3.8) is 0 Å². The highest BCUT2D eigenvalue weighted by atomic mass is 127. The quantitative estimate of drug-likeness (QED) is 0.445. The molecular formula is C14H8F4INO. The minimum Gasteiger partial charge on any atom is -0.317 e. The zero-order chi connectivity index (χ0) is 15.7. The summed E-state index contributed by atoms with van der Waals surface area (Å²) in [4.78, 5) is 12.0. The van der Waals surface area contributed by atoms with Gasteiger partial charge in [-0.15, -0.1) is 0 Å². The third kappa shape index (κ3) is 3.02. The SMILES string of the molecule is Cc1cccc(C(=O)Nc2c(F)c(F)cc(F)c2F)c1I. The van der Waals surface area contributed by atoms with E-state index in [4.69, 9.17) is 0 Å². The number of amides is 1. The fourth-order valence-corrected chi connectivity index (χ4v) is 2.29. The molecule has 2 aromatic rings. The summed E-state index contributed by atoms with van der Waals surface area (Å²) in [7, 11) is 0. The van der Waals surface area contributed by atoms with Crippen LogP contribution in [0, 0.1) is 33.8 Å². The second-order valence-electron chi connectivity index (χ2n) is 4.23. The van der Waals surface area contributed by atoms with Crippen molar-refractivity contribution in [1.82, 2.24) is 0 Å². The van der Waals surface area contributed by atoms with Crippen LogP contribution < -0.4 is 5.32 Å². The van der Waals surface area contributed by atoms with Gasteiger partial charge in [0.1, 0.15) is 5.69 Å². The number of hydrogen-bond acceptors (Lipinski definition) is 1. The molecule has 0 aliphatic rings. The summed E-state index contributed by atoms with van der Waals surface area (Å²) >= 11 is 1.90. The van der Waals surface area contributed by atoms with Crippen LogP contribution in [-0.2, 0) is 0 Å². The standard InChI is InChI=1S/C14H8F4INO/c1-6-3-2-4-7(12(6)19)14(21)20-13-10(17)8(15)5-9(16)11(13)18/h2-5H,1H3,(H,20,21). The summed E-state index contributed by atoms with van der Waals surface area (Å²) in [6.45, 7) is 1.75. The number of benzene rings is 2. The van der Waals surface area contributed by atoms with Gasteiger partial charge in [0, 0.05) is 9.64 Å². The number of aryl methyl sites for hydroxylation is 1. The van der Waals surface area contributed by atoms with Crippen LogP contribution in [0.15, 0.2) is 24.3 Å². The minimum absolute atomic E-state index is 0.0801. The van der Waals surface area contributed by atoms with Crippen LogP contribution in [0.1, 0.15) is 15.9 Å². The molecule has 7 heteroatoms. The zero-order valence-electron chi connectivity index (χ0n) is 10.6. The van der Waals surface area contributed by atoms with Gasteiger partial charge in [-0.1, -0.05) is 12.1 Å². The molecule has 0 unspecified atom stereocenters. The number of halogens is 5. The molecule has 0 aromatic heterocycles. The van der Waals surface area contributed by atoms with E-state index in [1.165, 1.54) is 6.07 Å². The fourth-order valence-electron chi connectivity index (χ4n) is 1.69. The summed E-state index contributed by atoms with van der Waals surface area (Å²) in [5.41, 5.74) is -0.205. The zero-order valence-corrected chi connectivity index (χ0v) is 12.8. The van der Waals surface area contributed by atoms with E-state index >= 15 is 0 Å². The molecule has 1 N–H and O–H groups in total. The van der Waals surface area contributed by atoms with Gasteiger partial charge in [0.05, 0.1) is 5.56 Å². The average Bonchev–Trinajstić information content (AvgIpc) is 2.44. The Hall–Kier alpha value is -1.64. The van der Waals surface area contributed by atoms with Gasteiger partial charge in [0.25, 0.3) is 5.91 Å². The Morgan fingerprint density at radius 3 is 2.24 bits per heavy atom. The molecule has 21 heavy (non-hydrogen) atoms. The van der Waals surface area contributed by atoms with Crippen LogP contribution in [0.3, 0.4) is 0 Å². The number of anilines is 1. The molecule has 0 bridgehead atoms. The van der Waals surface area contributed by atoms with E-state index in [0.717, 1.165) is 5.56 Å². The summed E-state index contributed by atoms with van der Waals surface area (Å²) in [5, 5.41) is 1.87. The molecule has 0 fully saturated rings. The highest BCUT2D eigenvalue weighted by molar-refractivity contribution is 14.1. The molecule has 0 spiro atoms. The highest BCUT2D eigenvalue weighted by Crippen LogP contribution is 2.25. The van der Waals surface area contributed by atoms with Crippen LogP contribution in [0.5, 0.6) is 0 Å². The van der Waals surface area contributed by atoms with Crippen molar-refractivity contribution in [3.05, 3.63) is 62.2 Å². The van der Waals surface area contributed by atoms with Crippen molar-refractivity contribution >= 4 is 34.2 Å². The van der Waals surface area contributed by atoms with Crippen molar-refractivity contribution in [1.29, 1.82) is 0 Å². The van der Waals surface area contributed by atoms with E-state index in [2.05, 4.69) is 0 Å². The number of carbonyl (C=O) groups is 1. The molecule has 1 amide bonds. The lowest BCUT2D eigenvalue weighted by molar-refractivity contribution is 0.102. The van der Waals surface area contributed by atoms with Crippen molar-refractivity contribution in [2.24, 2.45) is 0 Å². The number of rotatable bonds is 2. The number of nitrogens with one attached hydrogen (secondary N) is 1. The second-order valence-corrected chi connectivity index (χ2v) is 5.31. The molecule has 0 saturated carbocycles. The van der Waals surface area contributed by atoms with Crippen LogP contribution in [0.4, 0.5) is 23.2 Å². The Kier molecular flexibility index (Phi) is 4.50. The van der Waals surface area contributed by atoms with E-state index in [1.807, 2.05) is 27.9 Å². The molecule has 110 valence electrons. The predicted octanol–water partition coefficient (Wildman–Crippen LogP) is 4.41. The first-order valence-corrected chi connectivity index (χ1v) is 6.80. The normalized spacial score (nSPS) is 10.6. The molecule has 0 heterocycles. The van der Waals surface area contributed by atoms with Crippen LogP contribution in [0.2, 0.25) is 0 Å². The van der Waals surface area contributed by atoms with E-state index in [9.17, 15) is 22.4 Å². The maximum Gasteiger partial charge on any atom is 0.256 e. The monoisotopic (exact) mass is 409 g/mol. The van der Waals surface area contributed by atoms with E-state index in [0.29, 0.717) is 3.57 Å². The third-order valence-corrected chi connectivity index (χ3v) is 4.22. The van der Waals surface area contributed by atoms with Crippen LogP contribution >= 0.6 is 22.6 Å². The van der Waals surface area contributed by atoms with Gasteiger partial charge in [-0.3, -0.25) is 4.79 Å². The third-order valence-electron chi connectivity index (χ3n) is 2.79. The molecule has 2 rings (SSSR count). The topological polar surface area (TPSA) is 29.1 Å². The Balaban J connectivity index is 2.43. The molecule has 2 nitrogen and oxygen atoms in total. The van der Waals surface area contributed by atoms with E-state index < -0.39 is 34.9 Å². The number of hydrogen-bond donors (Lipinski definition) is 1. The summed E-state index contributed by atoms with van der Waals surface area (Å²) in [5.74, 6) is -7.31. The average molecular weight is 409 g/mol. The molecule has 0 aliphatic carbocycles. The molecule has 0 saturated heterocycles. The molecule has 0 atom stereocenters. The van der Waals surface area contributed by atoms with Crippen molar-refractivity contribution < 1.29 is 22.4 Å². The van der Waals surface area contributed by atoms with Crippen molar-refractivity contribution in [2.75, 3.05) is 5.32 Å². The predicted molar refractivity (Wildman–Crippen MR) is 78.1 cm³/mol. The first-order valence-electron chi connectivity index (χ1n) is 5.72. The lowest BCUT2D eigenvalue weighted by atomic mass is 10.1. The van der Waals surface area contributed by atoms with E-state index in [1.54, 1.807) is 19.1 Å². The summed E-state index contributed by atoms with van der Waals surface area (Å²) in [6, 6.07) is 4.86. The molecule has 2 aromatic carbocycles. The fraction of sp³-hybridized carbons (Fsp3) is 0.0714. The van der Waals surface area contributed by atoms with Gasteiger partial charge >= 0.3 is 0 Å². The lowest BCUT2D eigenvalue weighted by Gasteiger charge is -2.11. The van der Waals surface area contributed by atoms with Crippen molar-refractivity contribution in [3.8, 4) is 0 Å². The van der Waals surface area contributed by atoms with Crippen LogP contribution in [0.25, 0.3) is 0 Å². The van der Waals surface area contributed by atoms with Gasteiger partial charge < -0.3 is 5.32 Å². The first-order chi connectivity index (χ1) is 9.82. The highest BCUT2D eigenvalue weighted by Gasteiger charge is 2.22. The Bertz CT molecular complexity index is 707. The molecular weight excluding hydrogens is 401 g/mol. The largest absolute Gasteiger partial charge is 0.317 e. The van der Waals surface area contributed by atoms with Crippen molar-refractivity contribution in [2.45, 2.75) is 6.92 Å². The Labute approximate surface area is 131 Å². The van der Waals surface area contributed by atoms with Gasteiger partial charge in [-0.2, -0.15) is 0 Å². The number of carbonyl (C=O) groups excluding carboxylic acids is 1. The van der Waals surface area contributed by atoms with Gasteiger partial charge in [-0.05, 0) is 41.1 Å². The maximum absolute atomic E-state index is 13.5. The van der Waals surface area contributed by atoms with Crippen LogP contribution in [-0.4, -0.2) is 5.91 Å². The molecule has 0 aliphatic heterocycles. The summed E-state index contributed by atoms with van der Waals surface area (Å²) < 4.78 is 53.7. The first kappa shape index (κ1) is 15.7. The molecule has 0 radical (unpaired) electrons. The smallest absolute Gasteiger partial charge is 0.256 e. The Morgan fingerprint density at radius 2 is 1.67 bits per heavy atom. The summed E-state index contributed by atoms with van der Waals surface area (Å²) in [6.07, 6.45) is 0. The Morgan fingerprint density at radius 1 is 1.10 bits per heavy atom. The second kappa shape index (κ2) is 6.00. The lowest BCUT2D eigenvalue weighted by Crippen LogP contribution is -2.17. The van der Waals surface area contributed by atoms with Gasteiger partial charge in [0.2, 0.25) is 0 Å². The van der Waals surface area contributed by atoms with E-state index in [-0.39, 0.29) is 11.6 Å². The van der Waals surface area contributed by atoms with Gasteiger partial charge in [0.15, 0.2) is 23.3 Å². The van der Waals surface area contributed by atoms with Gasteiger partial charge in [-0.25, -0.2) is 17.6 Å². The minimum atomic E-state index is -1.65. The maximum atomic E-state index is 13.5.